The van der Waals surface area contributed by atoms with E-state index in [-0.39, 0.29) is 12.4 Å². The molecule has 3 aromatic heterocycles. The zero-order chi connectivity index (χ0) is 16.4. The van der Waals surface area contributed by atoms with Crippen molar-refractivity contribution in [3.05, 3.63) is 27.2 Å². The van der Waals surface area contributed by atoms with Gasteiger partial charge < -0.3 is 10.1 Å². The van der Waals surface area contributed by atoms with Gasteiger partial charge in [-0.15, -0.1) is 34.0 Å². The summed E-state index contributed by atoms with van der Waals surface area (Å²) in [5.74, 6) is -0.271. The minimum Gasteiger partial charge on any atom is -0.469 e. The van der Waals surface area contributed by atoms with Crippen LogP contribution in [0.15, 0.2) is 11.6 Å². The molecule has 0 aromatic carbocycles. The number of nitrogens with zero attached hydrogens (tertiary/aromatic N) is 3. The maximum Gasteiger partial charge on any atom is 0.310 e. The van der Waals surface area contributed by atoms with Gasteiger partial charge in [-0.05, 0) is 13.8 Å². The molecule has 0 aliphatic rings. The molecule has 0 aliphatic heterocycles. The summed E-state index contributed by atoms with van der Waals surface area (Å²) in [6.45, 7) is 3.98. The standard InChI is InChI=1S/C14H14N4O2S3/c1-7-12(22-8(2)16-7)10-6-21-14(17-10)18-13-15-5-9(23-13)4-11(19)20-3/h5-6H,4H2,1-3H3,(H,15,17,18). The molecule has 0 saturated heterocycles. The molecule has 3 heterocycles. The van der Waals surface area contributed by atoms with Gasteiger partial charge in [-0.25, -0.2) is 15.0 Å². The van der Waals surface area contributed by atoms with Crippen molar-refractivity contribution < 1.29 is 9.53 Å². The number of anilines is 2. The van der Waals surface area contributed by atoms with Crippen molar-refractivity contribution in [2.24, 2.45) is 0 Å². The van der Waals surface area contributed by atoms with Gasteiger partial charge in [0, 0.05) is 16.5 Å². The van der Waals surface area contributed by atoms with Crippen molar-refractivity contribution in [3.63, 3.8) is 0 Å². The second-order valence-corrected chi connectivity index (χ2v) is 7.87. The van der Waals surface area contributed by atoms with Gasteiger partial charge in [0.1, 0.15) is 0 Å². The van der Waals surface area contributed by atoms with E-state index >= 15 is 0 Å². The molecule has 120 valence electrons. The van der Waals surface area contributed by atoms with Gasteiger partial charge >= 0.3 is 5.97 Å². The number of aromatic nitrogens is 3. The number of carbonyl (C=O) groups is 1. The fourth-order valence-electron chi connectivity index (χ4n) is 1.96. The third kappa shape index (κ3) is 3.74. The number of thiazole rings is 3. The molecule has 1 N–H and O–H groups in total. The first-order chi connectivity index (χ1) is 11.0. The predicted octanol–water partition coefficient (Wildman–Crippen LogP) is 3.80. The summed E-state index contributed by atoms with van der Waals surface area (Å²) in [4.78, 5) is 26.5. The molecular weight excluding hydrogens is 352 g/mol. The first-order valence-electron chi connectivity index (χ1n) is 6.73. The van der Waals surface area contributed by atoms with Crippen LogP contribution in [0.4, 0.5) is 10.3 Å². The number of methoxy groups -OCH3 is 1. The molecule has 0 fully saturated rings. The third-order valence-corrected chi connectivity index (χ3v) is 5.72. The van der Waals surface area contributed by atoms with Crippen molar-refractivity contribution in [2.75, 3.05) is 12.4 Å². The van der Waals surface area contributed by atoms with Gasteiger partial charge in [0.25, 0.3) is 0 Å². The van der Waals surface area contributed by atoms with Crippen LogP contribution in [0.1, 0.15) is 15.6 Å². The van der Waals surface area contributed by atoms with E-state index in [9.17, 15) is 4.79 Å². The van der Waals surface area contributed by atoms with Gasteiger partial charge in [-0.3, -0.25) is 4.79 Å². The minimum atomic E-state index is -0.271. The van der Waals surface area contributed by atoms with Gasteiger partial charge in [0.2, 0.25) is 0 Å². The van der Waals surface area contributed by atoms with E-state index in [0.29, 0.717) is 5.13 Å². The Bertz CT molecular complexity index is 837. The number of nitrogens with one attached hydrogen (secondary N) is 1. The van der Waals surface area contributed by atoms with Crippen molar-refractivity contribution in [1.29, 1.82) is 0 Å². The van der Waals surface area contributed by atoms with E-state index in [0.717, 1.165) is 31.3 Å². The van der Waals surface area contributed by atoms with Gasteiger partial charge in [-0.2, -0.15) is 0 Å². The summed E-state index contributed by atoms with van der Waals surface area (Å²) in [6.07, 6.45) is 1.91. The fourth-order valence-corrected chi connectivity index (χ4v) is 4.47. The highest BCUT2D eigenvalue weighted by atomic mass is 32.1. The SMILES string of the molecule is COC(=O)Cc1cnc(Nc2nc(-c3sc(C)nc3C)cs2)s1. The molecule has 0 spiro atoms. The molecule has 0 aliphatic carbocycles. The Labute approximate surface area is 145 Å². The molecule has 0 atom stereocenters. The highest BCUT2D eigenvalue weighted by Gasteiger charge is 2.13. The lowest BCUT2D eigenvalue weighted by Gasteiger charge is -1.96. The Hall–Kier alpha value is -1.84. The number of carbonyl (C=O) groups excluding carboxylic acids is 1. The maximum atomic E-state index is 11.3. The largest absolute Gasteiger partial charge is 0.469 e. The molecule has 9 heteroatoms. The van der Waals surface area contributed by atoms with Gasteiger partial charge in [-0.1, -0.05) is 0 Å². The van der Waals surface area contributed by atoms with Crippen molar-refractivity contribution in [1.82, 2.24) is 15.0 Å². The number of rotatable bonds is 5. The van der Waals surface area contributed by atoms with Crippen LogP contribution in [0.3, 0.4) is 0 Å². The predicted molar refractivity (Wildman–Crippen MR) is 93.8 cm³/mol. The lowest BCUT2D eigenvalue weighted by Crippen LogP contribution is -2.02. The van der Waals surface area contributed by atoms with Crippen LogP contribution < -0.4 is 5.32 Å². The van der Waals surface area contributed by atoms with Gasteiger partial charge in [0.05, 0.1) is 34.8 Å². The normalized spacial score (nSPS) is 10.7. The van der Waals surface area contributed by atoms with Crippen LogP contribution in [-0.2, 0) is 16.0 Å². The lowest BCUT2D eigenvalue weighted by atomic mass is 10.3. The summed E-state index contributed by atoms with van der Waals surface area (Å²) in [6, 6.07) is 0. The molecule has 0 unspecified atom stereocenters. The van der Waals surface area contributed by atoms with Crippen molar-refractivity contribution >= 4 is 50.2 Å². The topological polar surface area (TPSA) is 77.0 Å². The molecular formula is C14H14N4O2S3. The molecule has 0 bridgehead atoms. The Morgan fingerprint density at radius 1 is 1.26 bits per heavy atom. The number of hydrogen-bond acceptors (Lipinski definition) is 9. The number of aryl methyl sites for hydroxylation is 2. The number of esters is 1. The van der Waals surface area contributed by atoms with E-state index < -0.39 is 0 Å². The first-order valence-corrected chi connectivity index (χ1v) is 9.25. The molecule has 0 saturated carbocycles. The summed E-state index contributed by atoms with van der Waals surface area (Å²) >= 11 is 4.58. The Morgan fingerprint density at radius 3 is 2.78 bits per heavy atom. The lowest BCUT2D eigenvalue weighted by molar-refractivity contribution is -0.139. The first kappa shape index (κ1) is 16.0. The highest BCUT2D eigenvalue weighted by molar-refractivity contribution is 7.18. The molecule has 0 amide bonds. The van der Waals surface area contributed by atoms with E-state index in [1.807, 2.05) is 19.2 Å². The quantitative estimate of drug-likeness (QED) is 0.692. The fraction of sp³-hybridized carbons (Fsp3) is 0.286. The molecule has 3 rings (SSSR count). The molecule has 23 heavy (non-hydrogen) atoms. The van der Waals surface area contributed by atoms with Crippen LogP contribution in [0, 0.1) is 13.8 Å². The Balaban J connectivity index is 1.72. The summed E-state index contributed by atoms with van der Waals surface area (Å²) in [5.41, 5.74) is 1.92. The van der Waals surface area contributed by atoms with E-state index in [4.69, 9.17) is 0 Å². The van der Waals surface area contributed by atoms with E-state index in [1.165, 1.54) is 29.8 Å². The van der Waals surface area contributed by atoms with E-state index in [1.54, 1.807) is 17.5 Å². The van der Waals surface area contributed by atoms with Crippen LogP contribution in [0.25, 0.3) is 10.6 Å². The number of hydrogen-bond donors (Lipinski definition) is 1. The van der Waals surface area contributed by atoms with Crippen LogP contribution in [0.2, 0.25) is 0 Å². The van der Waals surface area contributed by atoms with Crippen LogP contribution >= 0.6 is 34.0 Å². The number of ether oxygens (including phenoxy) is 1. The van der Waals surface area contributed by atoms with Crippen molar-refractivity contribution in [2.45, 2.75) is 20.3 Å². The Morgan fingerprint density at radius 2 is 2.09 bits per heavy atom. The third-order valence-electron chi connectivity index (χ3n) is 2.95. The summed E-state index contributed by atoms with van der Waals surface area (Å²) in [5, 5.41) is 7.70. The summed E-state index contributed by atoms with van der Waals surface area (Å²) in [7, 11) is 1.38. The molecule has 0 radical (unpaired) electrons. The monoisotopic (exact) mass is 366 g/mol. The average Bonchev–Trinajstić information content (AvgIpc) is 3.21. The molecule has 6 nitrogen and oxygen atoms in total. The minimum absolute atomic E-state index is 0.234. The highest BCUT2D eigenvalue weighted by Crippen LogP contribution is 2.33. The summed E-state index contributed by atoms with van der Waals surface area (Å²) < 4.78 is 4.65. The second kappa shape index (κ2) is 6.73. The van der Waals surface area contributed by atoms with Crippen molar-refractivity contribution in [3.8, 4) is 10.6 Å². The zero-order valence-corrected chi connectivity index (χ0v) is 15.2. The Kier molecular flexibility index (Phi) is 4.69. The van der Waals surface area contributed by atoms with Gasteiger partial charge in [0.15, 0.2) is 10.3 Å². The zero-order valence-electron chi connectivity index (χ0n) is 12.7. The molecule has 3 aromatic rings. The van der Waals surface area contributed by atoms with Crippen LogP contribution in [-0.4, -0.2) is 28.0 Å². The average molecular weight is 366 g/mol. The maximum absolute atomic E-state index is 11.3. The van der Waals surface area contributed by atoms with Crippen LogP contribution in [0.5, 0.6) is 0 Å². The second-order valence-electron chi connectivity index (χ2n) is 4.69. The smallest absolute Gasteiger partial charge is 0.310 e. The van der Waals surface area contributed by atoms with E-state index in [2.05, 4.69) is 25.0 Å².